The van der Waals surface area contributed by atoms with Gasteiger partial charge in [-0.3, -0.25) is 0 Å². The Morgan fingerprint density at radius 2 is 1.95 bits per heavy atom. The Kier molecular flexibility index (Phi) is 3.96. The number of hydrogen-bond acceptors (Lipinski definition) is 4. The molecule has 0 saturated heterocycles. The van der Waals surface area contributed by atoms with Gasteiger partial charge in [-0.2, -0.15) is 10.5 Å². The molecule has 2 rings (SSSR count). The van der Waals surface area contributed by atoms with E-state index in [0.717, 1.165) is 10.0 Å². The van der Waals surface area contributed by atoms with Gasteiger partial charge in [0.2, 0.25) is 0 Å². The number of aromatic nitrogens is 2. The molecule has 0 aliphatic rings. The topological polar surface area (TPSA) is 85.6 Å². The number of aliphatic hydroxyl groups excluding tert-OH is 1. The van der Waals surface area contributed by atoms with Crippen molar-refractivity contribution in [2.24, 2.45) is 0 Å². The van der Waals surface area contributed by atoms with Crippen molar-refractivity contribution in [2.45, 2.75) is 12.6 Å². The van der Waals surface area contributed by atoms with Gasteiger partial charge in [0.15, 0.2) is 11.4 Å². The number of aliphatic hydroxyl groups is 1. The van der Waals surface area contributed by atoms with Gasteiger partial charge in [0.25, 0.3) is 0 Å². The normalized spacial score (nSPS) is 11.6. The second-order valence-corrected chi connectivity index (χ2v) is 4.80. The lowest BCUT2D eigenvalue weighted by Crippen LogP contribution is -2.09. The quantitative estimate of drug-likeness (QED) is 0.939. The maximum absolute atomic E-state index is 10.1. The van der Waals surface area contributed by atoms with Crippen molar-refractivity contribution in [1.29, 1.82) is 10.5 Å². The maximum Gasteiger partial charge on any atom is 0.176 e. The molecule has 1 unspecified atom stereocenters. The van der Waals surface area contributed by atoms with E-state index < -0.39 is 6.10 Å². The molecule has 0 spiro atoms. The fourth-order valence-electron chi connectivity index (χ4n) is 1.70. The Hall–Kier alpha value is -2.15. The van der Waals surface area contributed by atoms with E-state index in [-0.39, 0.29) is 17.9 Å². The van der Waals surface area contributed by atoms with Gasteiger partial charge >= 0.3 is 0 Å². The van der Waals surface area contributed by atoms with Crippen molar-refractivity contribution in [3.8, 4) is 12.1 Å². The Morgan fingerprint density at radius 1 is 1.26 bits per heavy atom. The minimum Gasteiger partial charge on any atom is -0.387 e. The Balaban J connectivity index is 2.22. The molecule has 0 radical (unpaired) electrons. The van der Waals surface area contributed by atoms with Gasteiger partial charge in [-0.05, 0) is 17.7 Å². The van der Waals surface area contributed by atoms with Gasteiger partial charge < -0.3 is 9.67 Å². The van der Waals surface area contributed by atoms with Crippen LogP contribution in [0.25, 0.3) is 0 Å². The number of nitriles is 2. The molecule has 0 aliphatic carbocycles. The summed E-state index contributed by atoms with van der Waals surface area (Å²) in [4.78, 5) is 3.83. The molecule has 19 heavy (non-hydrogen) atoms. The van der Waals surface area contributed by atoms with Crippen LogP contribution < -0.4 is 0 Å². The average molecular weight is 317 g/mol. The molecule has 1 atom stereocenters. The van der Waals surface area contributed by atoms with Crippen molar-refractivity contribution < 1.29 is 5.11 Å². The van der Waals surface area contributed by atoms with Crippen LogP contribution in [0.1, 0.15) is 23.1 Å². The van der Waals surface area contributed by atoms with Gasteiger partial charge in [-0.25, -0.2) is 4.98 Å². The van der Waals surface area contributed by atoms with Crippen LogP contribution >= 0.6 is 15.9 Å². The summed E-state index contributed by atoms with van der Waals surface area (Å²) in [5, 5.41) is 27.9. The Bertz CT molecular complexity index is 663. The molecule has 2 aromatic rings. The third-order valence-corrected chi connectivity index (χ3v) is 3.20. The summed E-state index contributed by atoms with van der Waals surface area (Å²) in [6.07, 6.45) is 0.625. The lowest BCUT2D eigenvalue weighted by Gasteiger charge is -2.12. The van der Waals surface area contributed by atoms with Gasteiger partial charge in [0.1, 0.15) is 12.1 Å². The second kappa shape index (κ2) is 5.66. The summed E-state index contributed by atoms with van der Waals surface area (Å²) < 4.78 is 2.40. The van der Waals surface area contributed by atoms with Crippen LogP contribution in [0.15, 0.2) is 35.1 Å². The van der Waals surface area contributed by atoms with E-state index >= 15 is 0 Å². The third kappa shape index (κ3) is 2.82. The molecule has 1 heterocycles. The van der Waals surface area contributed by atoms with Crippen LogP contribution in [0.5, 0.6) is 0 Å². The van der Waals surface area contributed by atoms with Gasteiger partial charge in [0, 0.05) is 4.47 Å². The zero-order valence-corrected chi connectivity index (χ0v) is 11.4. The summed E-state index contributed by atoms with van der Waals surface area (Å²) in [5.74, 6) is 0. The summed E-state index contributed by atoms with van der Waals surface area (Å²) in [6.45, 7) is 0.180. The largest absolute Gasteiger partial charge is 0.387 e. The molecule has 1 aromatic carbocycles. The highest BCUT2D eigenvalue weighted by Gasteiger charge is 2.14. The second-order valence-electron chi connectivity index (χ2n) is 3.89. The first kappa shape index (κ1) is 13.3. The van der Waals surface area contributed by atoms with Crippen LogP contribution in [0.3, 0.4) is 0 Å². The summed E-state index contributed by atoms with van der Waals surface area (Å²) >= 11 is 3.32. The maximum atomic E-state index is 10.1. The first-order valence-electron chi connectivity index (χ1n) is 5.44. The van der Waals surface area contributed by atoms with Crippen LogP contribution in [0.4, 0.5) is 0 Å². The summed E-state index contributed by atoms with van der Waals surface area (Å²) in [5.41, 5.74) is 0.975. The van der Waals surface area contributed by atoms with Gasteiger partial charge in [-0.1, -0.05) is 28.1 Å². The predicted molar refractivity (Wildman–Crippen MR) is 70.8 cm³/mol. The van der Waals surface area contributed by atoms with Crippen molar-refractivity contribution in [3.63, 3.8) is 0 Å². The molecule has 94 valence electrons. The number of halogens is 1. The van der Waals surface area contributed by atoms with E-state index in [2.05, 4.69) is 20.9 Å². The monoisotopic (exact) mass is 316 g/mol. The van der Waals surface area contributed by atoms with Crippen molar-refractivity contribution in [1.82, 2.24) is 9.55 Å². The molecule has 0 aliphatic heterocycles. The van der Waals surface area contributed by atoms with Crippen molar-refractivity contribution in [2.75, 3.05) is 0 Å². The number of nitrogens with zero attached hydrogens (tertiary/aromatic N) is 4. The lowest BCUT2D eigenvalue weighted by molar-refractivity contribution is 0.156. The highest BCUT2D eigenvalue weighted by Crippen LogP contribution is 2.19. The van der Waals surface area contributed by atoms with Crippen LogP contribution in [0.2, 0.25) is 0 Å². The molecule has 0 bridgehead atoms. The smallest absolute Gasteiger partial charge is 0.176 e. The minimum absolute atomic E-state index is 0.0745. The predicted octanol–water partition coefficient (Wildman–Crippen LogP) is 2.12. The summed E-state index contributed by atoms with van der Waals surface area (Å²) in [6, 6.07) is 11.0. The SMILES string of the molecule is N#Cc1ncn(CC(O)c2ccc(Br)cc2)c1C#N. The van der Waals surface area contributed by atoms with E-state index in [9.17, 15) is 5.11 Å². The van der Waals surface area contributed by atoms with E-state index in [1.165, 1.54) is 10.9 Å². The fourth-order valence-corrected chi connectivity index (χ4v) is 1.96. The number of hydrogen-bond donors (Lipinski definition) is 1. The van der Waals surface area contributed by atoms with Crippen molar-refractivity contribution >= 4 is 15.9 Å². The van der Waals surface area contributed by atoms with Crippen LogP contribution in [-0.2, 0) is 6.54 Å². The zero-order chi connectivity index (χ0) is 13.8. The number of benzene rings is 1. The van der Waals surface area contributed by atoms with Crippen LogP contribution in [0, 0.1) is 22.7 Å². The average Bonchev–Trinajstić information content (AvgIpc) is 2.81. The van der Waals surface area contributed by atoms with E-state index in [0.29, 0.717) is 0 Å². The first-order chi connectivity index (χ1) is 9.15. The lowest BCUT2D eigenvalue weighted by atomic mass is 10.1. The molecular formula is C13H9BrN4O. The Labute approximate surface area is 118 Å². The number of imidazole rings is 1. The minimum atomic E-state index is -0.763. The molecule has 0 amide bonds. The van der Waals surface area contributed by atoms with E-state index in [1.54, 1.807) is 12.1 Å². The van der Waals surface area contributed by atoms with Crippen molar-refractivity contribution in [3.05, 3.63) is 52.0 Å². The van der Waals surface area contributed by atoms with E-state index in [4.69, 9.17) is 10.5 Å². The summed E-state index contributed by atoms with van der Waals surface area (Å²) in [7, 11) is 0. The van der Waals surface area contributed by atoms with E-state index in [1.807, 2.05) is 24.3 Å². The molecular weight excluding hydrogens is 308 g/mol. The molecule has 5 nitrogen and oxygen atoms in total. The molecule has 1 aromatic heterocycles. The first-order valence-corrected chi connectivity index (χ1v) is 6.24. The fraction of sp³-hybridized carbons (Fsp3) is 0.154. The van der Waals surface area contributed by atoms with Crippen LogP contribution in [-0.4, -0.2) is 14.7 Å². The zero-order valence-electron chi connectivity index (χ0n) is 9.79. The van der Waals surface area contributed by atoms with Gasteiger partial charge in [0.05, 0.1) is 19.0 Å². The highest BCUT2D eigenvalue weighted by atomic mass is 79.9. The molecule has 1 N–H and O–H groups in total. The third-order valence-electron chi connectivity index (χ3n) is 2.67. The highest BCUT2D eigenvalue weighted by molar-refractivity contribution is 9.10. The molecule has 6 heteroatoms. The molecule has 0 saturated carbocycles. The Morgan fingerprint density at radius 3 is 2.53 bits per heavy atom. The van der Waals surface area contributed by atoms with Gasteiger partial charge in [-0.15, -0.1) is 0 Å². The molecule has 0 fully saturated rings. The standard InChI is InChI=1S/C13H9BrN4O/c14-10-3-1-9(2-4-10)13(19)7-18-8-17-11(5-15)12(18)6-16/h1-4,8,13,19H,7H2. The number of rotatable bonds is 3.